The maximum Gasteiger partial charge on any atom is 0.0749 e. The van der Waals surface area contributed by atoms with Gasteiger partial charge in [0.25, 0.3) is 0 Å². The highest BCUT2D eigenvalue weighted by molar-refractivity contribution is 6.31. The highest BCUT2D eigenvalue weighted by atomic mass is 35.5. The van der Waals surface area contributed by atoms with Crippen molar-refractivity contribution in [1.29, 1.82) is 0 Å². The van der Waals surface area contributed by atoms with Gasteiger partial charge in [0.1, 0.15) is 0 Å². The van der Waals surface area contributed by atoms with Gasteiger partial charge in [-0.15, -0.1) is 0 Å². The lowest BCUT2D eigenvalue weighted by molar-refractivity contribution is 0.0216. The lowest BCUT2D eigenvalue weighted by Crippen LogP contribution is -2.33. The molecule has 1 unspecified atom stereocenters. The highest BCUT2D eigenvalue weighted by Gasteiger charge is 2.17. The second kappa shape index (κ2) is 5.61. The van der Waals surface area contributed by atoms with Crippen LogP contribution in [0.15, 0.2) is 18.2 Å². The first-order valence-electron chi connectivity index (χ1n) is 6.04. The standard InChI is InChI=1S/C13H19ClN2O/c1-16(9-11-4-2-3-7-17-11)13-6-5-10(14)8-12(13)15/h5-6,8,11H,2-4,7,9,15H2,1H3. The van der Waals surface area contributed by atoms with Crippen LogP contribution in [0.2, 0.25) is 5.02 Å². The minimum atomic E-state index is 0.323. The van der Waals surface area contributed by atoms with E-state index in [1.54, 1.807) is 6.07 Å². The van der Waals surface area contributed by atoms with Crippen LogP contribution in [-0.4, -0.2) is 26.3 Å². The average Bonchev–Trinajstić information content (AvgIpc) is 2.30. The third-order valence-corrected chi connectivity index (χ3v) is 3.39. The molecule has 0 bridgehead atoms. The minimum absolute atomic E-state index is 0.323. The molecule has 1 aliphatic rings. The van der Waals surface area contributed by atoms with E-state index in [4.69, 9.17) is 22.1 Å². The van der Waals surface area contributed by atoms with Crippen molar-refractivity contribution >= 4 is 23.0 Å². The van der Waals surface area contributed by atoms with Crippen LogP contribution >= 0.6 is 11.6 Å². The number of rotatable bonds is 3. The largest absolute Gasteiger partial charge is 0.397 e. The van der Waals surface area contributed by atoms with Gasteiger partial charge in [-0.1, -0.05) is 11.6 Å². The molecule has 17 heavy (non-hydrogen) atoms. The number of halogens is 1. The number of nitrogens with two attached hydrogens (primary N) is 1. The summed E-state index contributed by atoms with van der Waals surface area (Å²) in [5, 5.41) is 0.675. The molecule has 94 valence electrons. The Morgan fingerprint density at radius 2 is 2.29 bits per heavy atom. The van der Waals surface area contributed by atoms with Crippen molar-refractivity contribution in [3.8, 4) is 0 Å². The third kappa shape index (κ3) is 3.27. The van der Waals surface area contributed by atoms with Crippen molar-refractivity contribution in [3.63, 3.8) is 0 Å². The van der Waals surface area contributed by atoms with Crippen molar-refractivity contribution < 1.29 is 4.74 Å². The molecule has 1 aliphatic heterocycles. The predicted molar refractivity (Wildman–Crippen MR) is 72.7 cm³/mol. The Kier molecular flexibility index (Phi) is 4.13. The zero-order valence-corrected chi connectivity index (χ0v) is 10.9. The fourth-order valence-corrected chi connectivity index (χ4v) is 2.41. The lowest BCUT2D eigenvalue weighted by atomic mass is 10.1. The maximum absolute atomic E-state index is 5.96. The molecule has 1 aromatic carbocycles. The summed E-state index contributed by atoms with van der Waals surface area (Å²) in [5.74, 6) is 0. The van der Waals surface area contributed by atoms with Crippen LogP contribution in [0, 0.1) is 0 Å². The maximum atomic E-state index is 5.96. The zero-order chi connectivity index (χ0) is 12.3. The first-order valence-corrected chi connectivity index (χ1v) is 6.42. The first kappa shape index (κ1) is 12.5. The summed E-state index contributed by atoms with van der Waals surface area (Å²) in [4.78, 5) is 2.14. The van der Waals surface area contributed by atoms with E-state index in [-0.39, 0.29) is 0 Å². The SMILES string of the molecule is CN(CC1CCCCO1)c1ccc(Cl)cc1N. The Balaban J connectivity index is 2.00. The first-order chi connectivity index (χ1) is 8.16. The molecular formula is C13H19ClN2O. The van der Waals surface area contributed by atoms with E-state index >= 15 is 0 Å². The number of anilines is 2. The van der Waals surface area contributed by atoms with Gasteiger partial charge in [0.15, 0.2) is 0 Å². The molecule has 0 amide bonds. The predicted octanol–water partition coefficient (Wildman–Crippen LogP) is 2.93. The van der Waals surface area contributed by atoms with E-state index in [0.717, 1.165) is 30.9 Å². The van der Waals surface area contributed by atoms with E-state index in [9.17, 15) is 0 Å². The van der Waals surface area contributed by atoms with Gasteiger partial charge in [-0.25, -0.2) is 0 Å². The number of nitrogens with zero attached hydrogens (tertiary/aromatic N) is 1. The van der Waals surface area contributed by atoms with E-state index in [0.29, 0.717) is 11.1 Å². The number of ether oxygens (including phenoxy) is 1. The van der Waals surface area contributed by atoms with Gasteiger partial charge in [0, 0.05) is 25.2 Å². The molecule has 0 spiro atoms. The quantitative estimate of drug-likeness (QED) is 0.843. The van der Waals surface area contributed by atoms with Gasteiger partial charge >= 0.3 is 0 Å². The van der Waals surface area contributed by atoms with E-state index in [1.165, 1.54) is 12.8 Å². The van der Waals surface area contributed by atoms with Gasteiger partial charge < -0.3 is 15.4 Å². The zero-order valence-electron chi connectivity index (χ0n) is 10.2. The molecule has 1 heterocycles. The molecule has 0 aromatic heterocycles. The molecule has 0 radical (unpaired) electrons. The van der Waals surface area contributed by atoms with Crippen LogP contribution in [0.5, 0.6) is 0 Å². The second-order valence-corrected chi connectivity index (χ2v) is 5.01. The Bertz CT molecular complexity index is 378. The van der Waals surface area contributed by atoms with Gasteiger partial charge in [-0.3, -0.25) is 0 Å². The molecule has 0 saturated carbocycles. The van der Waals surface area contributed by atoms with E-state index < -0.39 is 0 Å². The fraction of sp³-hybridized carbons (Fsp3) is 0.538. The molecule has 0 aliphatic carbocycles. The summed E-state index contributed by atoms with van der Waals surface area (Å²) >= 11 is 5.89. The molecule has 1 atom stereocenters. The Morgan fingerprint density at radius 1 is 1.47 bits per heavy atom. The minimum Gasteiger partial charge on any atom is -0.397 e. The van der Waals surface area contributed by atoms with Crippen molar-refractivity contribution in [1.82, 2.24) is 0 Å². The van der Waals surface area contributed by atoms with Gasteiger partial charge in [-0.2, -0.15) is 0 Å². The van der Waals surface area contributed by atoms with Crippen molar-refractivity contribution in [2.24, 2.45) is 0 Å². The smallest absolute Gasteiger partial charge is 0.0749 e. The summed E-state index contributed by atoms with van der Waals surface area (Å²) in [6, 6.07) is 5.61. The van der Waals surface area contributed by atoms with Gasteiger partial charge in [-0.05, 0) is 37.5 Å². The summed E-state index contributed by atoms with van der Waals surface area (Å²) in [6.07, 6.45) is 3.90. The monoisotopic (exact) mass is 254 g/mol. The van der Waals surface area contributed by atoms with E-state index in [2.05, 4.69) is 4.90 Å². The summed E-state index contributed by atoms with van der Waals surface area (Å²) in [5.41, 5.74) is 7.70. The van der Waals surface area contributed by atoms with Crippen molar-refractivity contribution in [2.45, 2.75) is 25.4 Å². The number of hydrogen-bond donors (Lipinski definition) is 1. The topological polar surface area (TPSA) is 38.5 Å². The summed E-state index contributed by atoms with van der Waals surface area (Å²) in [6.45, 7) is 1.76. The molecule has 1 saturated heterocycles. The number of likely N-dealkylation sites (N-methyl/N-ethyl adjacent to an activating group) is 1. The van der Waals surface area contributed by atoms with Crippen LogP contribution in [-0.2, 0) is 4.74 Å². The Labute approximate surface area is 107 Å². The summed E-state index contributed by atoms with van der Waals surface area (Å²) in [7, 11) is 2.04. The molecule has 3 nitrogen and oxygen atoms in total. The van der Waals surface area contributed by atoms with Crippen LogP contribution in [0.4, 0.5) is 11.4 Å². The Hall–Kier alpha value is -0.930. The molecule has 1 fully saturated rings. The third-order valence-electron chi connectivity index (χ3n) is 3.15. The number of nitrogen functional groups attached to an aromatic ring is 1. The van der Waals surface area contributed by atoms with Gasteiger partial charge in [0.2, 0.25) is 0 Å². The molecular weight excluding hydrogens is 236 g/mol. The molecule has 4 heteroatoms. The highest BCUT2D eigenvalue weighted by Crippen LogP contribution is 2.26. The normalized spacial score (nSPS) is 20.2. The average molecular weight is 255 g/mol. The van der Waals surface area contributed by atoms with Crippen LogP contribution in [0.3, 0.4) is 0 Å². The van der Waals surface area contributed by atoms with Crippen LogP contribution < -0.4 is 10.6 Å². The lowest BCUT2D eigenvalue weighted by Gasteiger charge is -2.29. The second-order valence-electron chi connectivity index (χ2n) is 4.57. The molecule has 2 rings (SSSR count). The van der Waals surface area contributed by atoms with Crippen molar-refractivity contribution in [2.75, 3.05) is 30.8 Å². The van der Waals surface area contributed by atoms with Crippen molar-refractivity contribution in [3.05, 3.63) is 23.2 Å². The van der Waals surface area contributed by atoms with Gasteiger partial charge in [0.05, 0.1) is 17.5 Å². The summed E-state index contributed by atoms with van der Waals surface area (Å²) < 4.78 is 5.73. The number of benzene rings is 1. The number of hydrogen-bond acceptors (Lipinski definition) is 3. The fourth-order valence-electron chi connectivity index (χ4n) is 2.23. The molecule has 1 aromatic rings. The van der Waals surface area contributed by atoms with Crippen LogP contribution in [0.25, 0.3) is 0 Å². The van der Waals surface area contributed by atoms with Crippen LogP contribution in [0.1, 0.15) is 19.3 Å². The molecule has 2 N–H and O–H groups in total. The Morgan fingerprint density at radius 3 is 2.94 bits per heavy atom. The van der Waals surface area contributed by atoms with E-state index in [1.807, 2.05) is 19.2 Å².